The Labute approximate surface area is 316 Å². The number of hydrogen-bond donors (Lipinski definition) is 0. The maximum Gasteiger partial charge on any atom is 0.161 e. The van der Waals surface area contributed by atoms with Gasteiger partial charge in [-0.1, -0.05) is 133 Å². The summed E-state index contributed by atoms with van der Waals surface area (Å²) in [7, 11) is 0. The standard InChI is InChI=1S/C50H32N2OS/c1-3-15-33(16-4-1)34-29-31-36(32-30-34)51(45-27-14-23-40-38-20-9-12-28-46(38)54-50(40)45)43-25-10-7-19-37(43)39-22-13-24-42-47-49(53-48(39)42)41-21-8-11-26-44(41)52(47)35-17-5-2-6-18-35/h1-32H. The molecule has 8 aromatic carbocycles. The normalized spacial score (nSPS) is 11.7. The SMILES string of the molecule is c1ccc(-c2ccc(N(c3ccccc3-c3cccc4c3oc3c5ccccc5n(-c5ccccc5)c43)c3cccc4c3sc3ccccc34)cc2)cc1. The van der Waals surface area contributed by atoms with Crippen LogP contribution in [-0.2, 0) is 0 Å². The first kappa shape index (κ1) is 30.7. The van der Waals surface area contributed by atoms with E-state index in [4.69, 9.17) is 4.42 Å². The smallest absolute Gasteiger partial charge is 0.161 e. The van der Waals surface area contributed by atoms with Crippen molar-refractivity contribution >= 4 is 81.5 Å². The maximum atomic E-state index is 7.04. The van der Waals surface area contributed by atoms with Crippen LogP contribution in [0.2, 0.25) is 0 Å². The van der Waals surface area contributed by atoms with Crippen LogP contribution in [0.3, 0.4) is 0 Å². The third kappa shape index (κ3) is 4.74. The predicted molar refractivity (Wildman–Crippen MR) is 229 cm³/mol. The Morgan fingerprint density at radius 2 is 1.04 bits per heavy atom. The molecule has 3 nitrogen and oxygen atoms in total. The third-order valence-corrected chi connectivity index (χ3v) is 11.8. The average Bonchev–Trinajstić information content (AvgIpc) is 3.92. The van der Waals surface area contributed by atoms with Gasteiger partial charge in [-0.05, 0) is 71.8 Å². The summed E-state index contributed by atoms with van der Waals surface area (Å²) in [6, 6.07) is 69.4. The molecule has 0 N–H and O–H groups in total. The van der Waals surface area contributed by atoms with Crippen molar-refractivity contribution in [1.29, 1.82) is 0 Å². The molecule has 0 radical (unpaired) electrons. The Morgan fingerprint density at radius 1 is 0.426 bits per heavy atom. The van der Waals surface area contributed by atoms with Gasteiger partial charge in [-0.3, -0.25) is 0 Å². The first-order valence-corrected chi connectivity index (χ1v) is 19.1. The van der Waals surface area contributed by atoms with Gasteiger partial charge < -0.3 is 13.9 Å². The fourth-order valence-electron chi connectivity index (χ4n) is 8.20. The number of aromatic nitrogens is 1. The van der Waals surface area contributed by atoms with E-state index in [-0.39, 0.29) is 0 Å². The number of fused-ring (bicyclic) bond motifs is 8. The lowest BCUT2D eigenvalue weighted by atomic mass is 9.99. The van der Waals surface area contributed by atoms with Gasteiger partial charge in [0.1, 0.15) is 11.1 Å². The summed E-state index contributed by atoms with van der Waals surface area (Å²) in [6.45, 7) is 0. The summed E-state index contributed by atoms with van der Waals surface area (Å²) in [5.41, 5.74) is 13.0. The third-order valence-electron chi connectivity index (χ3n) is 10.6. The van der Waals surface area contributed by atoms with Crippen molar-refractivity contribution in [3.05, 3.63) is 194 Å². The fraction of sp³-hybridized carbons (Fsp3) is 0. The van der Waals surface area contributed by atoms with Crippen LogP contribution in [0.15, 0.2) is 199 Å². The van der Waals surface area contributed by atoms with Crippen LogP contribution in [0.4, 0.5) is 17.1 Å². The Morgan fingerprint density at radius 3 is 1.89 bits per heavy atom. The zero-order valence-corrected chi connectivity index (χ0v) is 30.0. The molecular weight excluding hydrogens is 677 g/mol. The zero-order valence-electron chi connectivity index (χ0n) is 29.2. The molecule has 0 saturated heterocycles. The van der Waals surface area contributed by atoms with Gasteiger partial charge in [-0.15, -0.1) is 11.3 Å². The largest absolute Gasteiger partial charge is 0.453 e. The number of para-hydroxylation sites is 4. The highest BCUT2D eigenvalue weighted by molar-refractivity contribution is 7.26. The van der Waals surface area contributed by atoms with E-state index < -0.39 is 0 Å². The molecule has 0 saturated carbocycles. The van der Waals surface area contributed by atoms with E-state index >= 15 is 0 Å². The number of thiophene rings is 1. The lowest BCUT2D eigenvalue weighted by Crippen LogP contribution is -2.11. The fourth-order valence-corrected chi connectivity index (χ4v) is 9.40. The number of benzene rings is 8. The molecule has 0 aliphatic carbocycles. The Balaban J connectivity index is 1.17. The molecule has 0 bridgehead atoms. The van der Waals surface area contributed by atoms with Gasteiger partial charge in [-0.2, -0.15) is 0 Å². The van der Waals surface area contributed by atoms with Crippen LogP contribution in [0.25, 0.3) is 81.1 Å². The second-order valence-corrected chi connectivity index (χ2v) is 14.7. The maximum absolute atomic E-state index is 7.04. The first-order chi connectivity index (χ1) is 26.8. The van der Waals surface area contributed by atoms with Crippen LogP contribution in [0, 0.1) is 0 Å². The molecule has 0 unspecified atom stereocenters. The van der Waals surface area contributed by atoms with E-state index in [2.05, 4.69) is 204 Å². The molecule has 0 atom stereocenters. The molecule has 0 amide bonds. The van der Waals surface area contributed by atoms with E-state index in [9.17, 15) is 0 Å². The molecule has 0 spiro atoms. The summed E-state index contributed by atoms with van der Waals surface area (Å²) in [5, 5.41) is 4.73. The van der Waals surface area contributed by atoms with E-state index in [1.165, 1.54) is 31.3 Å². The molecule has 4 heteroatoms. The Kier molecular flexibility index (Phi) is 7.04. The molecule has 0 aliphatic rings. The quantitative estimate of drug-likeness (QED) is 0.171. The molecule has 3 heterocycles. The number of furan rings is 1. The summed E-state index contributed by atoms with van der Waals surface area (Å²) in [6.07, 6.45) is 0. The van der Waals surface area contributed by atoms with Crippen molar-refractivity contribution < 1.29 is 4.42 Å². The topological polar surface area (TPSA) is 21.3 Å². The monoisotopic (exact) mass is 708 g/mol. The van der Waals surface area contributed by atoms with Crippen molar-refractivity contribution in [2.45, 2.75) is 0 Å². The van der Waals surface area contributed by atoms with Gasteiger partial charge in [0.2, 0.25) is 0 Å². The van der Waals surface area contributed by atoms with Gasteiger partial charge in [0.05, 0.1) is 21.6 Å². The minimum atomic E-state index is 0.879. The first-order valence-electron chi connectivity index (χ1n) is 18.3. The van der Waals surface area contributed by atoms with Crippen LogP contribution in [0.1, 0.15) is 0 Å². The highest BCUT2D eigenvalue weighted by Crippen LogP contribution is 2.49. The minimum Gasteiger partial charge on any atom is -0.453 e. The second-order valence-electron chi connectivity index (χ2n) is 13.7. The van der Waals surface area contributed by atoms with E-state index in [1.54, 1.807) is 0 Å². The molecule has 3 aromatic heterocycles. The lowest BCUT2D eigenvalue weighted by Gasteiger charge is -2.28. The van der Waals surface area contributed by atoms with Crippen molar-refractivity contribution in [3.63, 3.8) is 0 Å². The van der Waals surface area contributed by atoms with Crippen LogP contribution in [-0.4, -0.2) is 4.57 Å². The van der Waals surface area contributed by atoms with Gasteiger partial charge in [0, 0.05) is 48.7 Å². The number of nitrogens with zero attached hydrogens (tertiary/aromatic N) is 2. The molecule has 0 aliphatic heterocycles. The average molecular weight is 709 g/mol. The summed E-state index contributed by atoms with van der Waals surface area (Å²) in [4.78, 5) is 2.43. The van der Waals surface area contributed by atoms with Gasteiger partial charge >= 0.3 is 0 Å². The molecule has 11 rings (SSSR count). The summed E-state index contributed by atoms with van der Waals surface area (Å²) < 4.78 is 11.9. The van der Waals surface area contributed by atoms with Crippen LogP contribution in [0.5, 0.6) is 0 Å². The number of anilines is 3. The van der Waals surface area contributed by atoms with Crippen molar-refractivity contribution in [1.82, 2.24) is 4.57 Å². The van der Waals surface area contributed by atoms with Crippen LogP contribution >= 0.6 is 11.3 Å². The second kappa shape index (κ2) is 12.4. The highest BCUT2D eigenvalue weighted by Gasteiger charge is 2.25. The lowest BCUT2D eigenvalue weighted by molar-refractivity contribution is 0.674. The van der Waals surface area contributed by atoms with Gasteiger partial charge in [0.25, 0.3) is 0 Å². The Bertz CT molecular complexity index is 3150. The van der Waals surface area contributed by atoms with E-state index in [0.717, 1.165) is 66.8 Å². The summed E-state index contributed by atoms with van der Waals surface area (Å²) >= 11 is 1.85. The Hall–Kier alpha value is -6.88. The van der Waals surface area contributed by atoms with E-state index in [0.29, 0.717) is 0 Å². The van der Waals surface area contributed by atoms with E-state index in [1.807, 2.05) is 11.3 Å². The highest BCUT2D eigenvalue weighted by atomic mass is 32.1. The number of rotatable bonds is 6. The van der Waals surface area contributed by atoms with Crippen LogP contribution < -0.4 is 4.90 Å². The molecule has 0 fully saturated rings. The van der Waals surface area contributed by atoms with Crippen molar-refractivity contribution in [2.75, 3.05) is 4.90 Å². The van der Waals surface area contributed by atoms with Crippen molar-refractivity contribution in [2.24, 2.45) is 0 Å². The van der Waals surface area contributed by atoms with Crippen molar-refractivity contribution in [3.8, 4) is 27.9 Å². The predicted octanol–water partition coefficient (Wildman–Crippen LogP) is 14.7. The van der Waals surface area contributed by atoms with Gasteiger partial charge in [-0.25, -0.2) is 0 Å². The molecule has 11 aromatic rings. The molecule has 254 valence electrons. The molecular formula is C50H32N2OS. The van der Waals surface area contributed by atoms with Gasteiger partial charge in [0.15, 0.2) is 5.58 Å². The number of hydrogen-bond acceptors (Lipinski definition) is 3. The zero-order chi connectivity index (χ0) is 35.6. The summed E-state index contributed by atoms with van der Waals surface area (Å²) in [5.74, 6) is 0. The molecule has 54 heavy (non-hydrogen) atoms. The minimum absolute atomic E-state index is 0.879.